The molecule has 65 heavy (non-hydrogen) atoms. The molecule has 0 radical (unpaired) electrons. The molecule has 9 rings (SSSR count). The van der Waals surface area contributed by atoms with Crippen LogP contribution >= 0.6 is 11.8 Å². The number of anilines is 1. The van der Waals surface area contributed by atoms with Crippen molar-refractivity contribution < 1.29 is 32.7 Å². The lowest BCUT2D eigenvalue weighted by Crippen LogP contribution is -2.58. The third-order valence-corrected chi connectivity index (χ3v) is 16.7. The number of hydrogen-bond donors (Lipinski definition) is 3. The molecule has 17 heteroatoms. The first-order valence-electron chi connectivity index (χ1n) is 22.6. The Kier molecular flexibility index (Phi) is 12.7. The van der Waals surface area contributed by atoms with Crippen molar-refractivity contribution in [3.05, 3.63) is 106 Å². The van der Waals surface area contributed by atoms with Crippen molar-refractivity contribution in [2.75, 3.05) is 43.5 Å². The average Bonchev–Trinajstić information content (AvgIpc) is 3.76. The summed E-state index contributed by atoms with van der Waals surface area (Å²) in [5.41, 5.74) is 3.31. The Morgan fingerprint density at radius 3 is 2.57 bits per heavy atom. The van der Waals surface area contributed by atoms with E-state index < -0.39 is 37.0 Å². The summed E-state index contributed by atoms with van der Waals surface area (Å²) in [6.07, 6.45) is 11.5. The van der Waals surface area contributed by atoms with Gasteiger partial charge in [0, 0.05) is 67.0 Å². The SMILES string of the molecule is CC(C)c1ccccc1[C@@H]1COCCN1C1CC2(CCN(c3ccc(C(=O)NS(=O)(=O)c4cnc(SC[C@H]5CC[C@](C)(O)CC5)c([N+](=O)[O-])c4)c(Oc4cnc5[nH]ccc5c4)c3)CC2)C1. The third-order valence-electron chi connectivity index (χ3n) is 14.1. The minimum absolute atomic E-state index is 0.0398. The number of rotatable bonds is 13. The Hall–Kier alpha value is -5.07. The first-order valence-corrected chi connectivity index (χ1v) is 25.1. The minimum Gasteiger partial charge on any atom is -0.455 e. The number of carbonyl (C=O) groups excluding carboxylic acids is 1. The maximum Gasteiger partial charge on any atom is 0.302 e. The van der Waals surface area contributed by atoms with E-state index in [0.29, 0.717) is 48.6 Å². The summed E-state index contributed by atoms with van der Waals surface area (Å²) in [6, 6.07) is 19.2. The van der Waals surface area contributed by atoms with Crippen LogP contribution in [0.5, 0.6) is 11.5 Å². The number of hydrogen-bond acceptors (Lipinski definition) is 13. The van der Waals surface area contributed by atoms with Crippen LogP contribution in [0, 0.1) is 21.4 Å². The van der Waals surface area contributed by atoms with E-state index in [9.17, 15) is 28.4 Å². The van der Waals surface area contributed by atoms with E-state index in [1.54, 1.807) is 30.5 Å². The van der Waals surface area contributed by atoms with Gasteiger partial charge in [0.05, 0.1) is 41.5 Å². The molecular formula is C48H57N7O8S2. The summed E-state index contributed by atoms with van der Waals surface area (Å²) < 4.78 is 41.9. The van der Waals surface area contributed by atoms with Gasteiger partial charge in [-0.25, -0.2) is 23.1 Å². The fourth-order valence-corrected chi connectivity index (χ4v) is 12.3. The van der Waals surface area contributed by atoms with E-state index >= 15 is 0 Å². The number of ether oxygens (including phenoxy) is 2. The van der Waals surface area contributed by atoms with Crippen LogP contribution in [0.2, 0.25) is 0 Å². The highest BCUT2D eigenvalue weighted by molar-refractivity contribution is 7.99. The molecule has 4 fully saturated rings. The van der Waals surface area contributed by atoms with Crippen molar-refractivity contribution in [3.8, 4) is 11.5 Å². The maximum absolute atomic E-state index is 14.0. The Labute approximate surface area is 383 Å². The second kappa shape index (κ2) is 18.3. The molecule has 5 aromatic rings. The van der Waals surface area contributed by atoms with Crippen LogP contribution in [0.15, 0.2) is 89.2 Å². The molecule has 5 heterocycles. The van der Waals surface area contributed by atoms with Gasteiger partial charge in [-0.05, 0) is 111 Å². The Morgan fingerprint density at radius 1 is 1.05 bits per heavy atom. The van der Waals surface area contributed by atoms with Gasteiger partial charge in [-0.3, -0.25) is 19.8 Å². The number of nitro groups is 1. The van der Waals surface area contributed by atoms with Crippen molar-refractivity contribution in [2.24, 2.45) is 11.3 Å². The first-order chi connectivity index (χ1) is 31.2. The number of amides is 1. The predicted molar refractivity (Wildman–Crippen MR) is 249 cm³/mol. The molecule has 2 saturated heterocycles. The Bertz CT molecular complexity index is 2660. The van der Waals surface area contributed by atoms with Gasteiger partial charge < -0.3 is 24.5 Å². The zero-order chi connectivity index (χ0) is 45.5. The number of aromatic amines is 1. The number of benzene rings is 2. The maximum atomic E-state index is 14.0. The van der Waals surface area contributed by atoms with Crippen LogP contribution in [-0.2, 0) is 14.8 Å². The summed E-state index contributed by atoms with van der Waals surface area (Å²) in [5, 5.41) is 23.3. The molecule has 1 atom stereocenters. The Morgan fingerprint density at radius 2 is 1.82 bits per heavy atom. The number of aliphatic hydroxyl groups is 1. The smallest absolute Gasteiger partial charge is 0.302 e. The van der Waals surface area contributed by atoms with Crippen molar-refractivity contribution in [2.45, 2.75) is 106 Å². The molecule has 0 bridgehead atoms. The molecule has 3 N–H and O–H groups in total. The molecule has 2 aliphatic carbocycles. The molecule has 0 unspecified atom stereocenters. The van der Waals surface area contributed by atoms with E-state index in [2.05, 4.69) is 67.6 Å². The highest BCUT2D eigenvalue weighted by Crippen LogP contribution is 2.53. The van der Waals surface area contributed by atoms with Gasteiger partial charge in [-0.2, -0.15) is 0 Å². The summed E-state index contributed by atoms with van der Waals surface area (Å²) in [7, 11) is -4.61. The predicted octanol–water partition coefficient (Wildman–Crippen LogP) is 8.76. The van der Waals surface area contributed by atoms with Gasteiger partial charge in [-0.15, -0.1) is 0 Å². The van der Waals surface area contributed by atoms with Gasteiger partial charge in [0.1, 0.15) is 22.0 Å². The zero-order valence-corrected chi connectivity index (χ0v) is 38.7. The molecule has 344 valence electrons. The summed E-state index contributed by atoms with van der Waals surface area (Å²) in [5.74, 6) is 0.739. The molecule has 2 aliphatic heterocycles. The lowest BCUT2D eigenvalue weighted by Gasteiger charge is -2.57. The number of piperidine rings is 1. The average molecular weight is 924 g/mol. The lowest BCUT2D eigenvalue weighted by molar-refractivity contribution is -0.388. The number of morpholine rings is 1. The van der Waals surface area contributed by atoms with E-state index in [1.807, 2.05) is 13.0 Å². The summed E-state index contributed by atoms with van der Waals surface area (Å²) in [6.45, 7) is 10.3. The number of H-pyrrole nitrogens is 1. The number of nitrogens with one attached hydrogen (secondary N) is 2. The number of aromatic nitrogens is 3. The fourth-order valence-electron chi connectivity index (χ4n) is 10.3. The van der Waals surface area contributed by atoms with Crippen LogP contribution in [0.4, 0.5) is 11.4 Å². The minimum atomic E-state index is -4.61. The number of thioether (sulfide) groups is 1. The Balaban J connectivity index is 0.898. The first kappa shape index (κ1) is 45.1. The van der Waals surface area contributed by atoms with E-state index in [4.69, 9.17) is 9.47 Å². The number of nitrogens with zero attached hydrogens (tertiary/aromatic N) is 5. The van der Waals surface area contributed by atoms with E-state index in [0.717, 1.165) is 88.1 Å². The van der Waals surface area contributed by atoms with Gasteiger partial charge in [0.15, 0.2) is 5.03 Å². The van der Waals surface area contributed by atoms with Crippen molar-refractivity contribution >= 4 is 50.1 Å². The van der Waals surface area contributed by atoms with Gasteiger partial charge in [-0.1, -0.05) is 49.9 Å². The molecule has 15 nitrogen and oxygen atoms in total. The van der Waals surface area contributed by atoms with Crippen LogP contribution < -0.4 is 14.4 Å². The molecule has 2 aromatic carbocycles. The normalized spacial score (nSPS) is 22.8. The van der Waals surface area contributed by atoms with Crippen molar-refractivity contribution in [1.82, 2.24) is 24.6 Å². The molecule has 2 saturated carbocycles. The molecule has 3 aromatic heterocycles. The number of carbonyl (C=O) groups is 1. The van der Waals surface area contributed by atoms with E-state index in [-0.39, 0.29) is 33.7 Å². The second-order valence-electron chi connectivity index (χ2n) is 19.0. The molecule has 1 spiro atoms. The zero-order valence-electron chi connectivity index (χ0n) is 37.1. The van der Waals surface area contributed by atoms with Crippen LogP contribution in [-0.4, -0.2) is 94.5 Å². The van der Waals surface area contributed by atoms with Crippen LogP contribution in [0.25, 0.3) is 11.0 Å². The van der Waals surface area contributed by atoms with E-state index in [1.165, 1.54) is 29.1 Å². The molecule has 1 amide bonds. The number of fused-ring (bicyclic) bond motifs is 1. The quantitative estimate of drug-likeness (QED) is 0.0577. The number of pyridine rings is 2. The summed E-state index contributed by atoms with van der Waals surface area (Å²) in [4.78, 5) is 41.6. The van der Waals surface area contributed by atoms with Gasteiger partial charge in [0.25, 0.3) is 15.9 Å². The topological polar surface area (TPSA) is 193 Å². The van der Waals surface area contributed by atoms with Gasteiger partial charge in [0.2, 0.25) is 0 Å². The number of sulfonamides is 1. The molecule has 4 aliphatic rings. The lowest BCUT2D eigenvalue weighted by atomic mass is 9.59. The van der Waals surface area contributed by atoms with Crippen molar-refractivity contribution in [3.63, 3.8) is 0 Å². The van der Waals surface area contributed by atoms with Gasteiger partial charge >= 0.3 is 5.69 Å². The standard InChI is InChI=1S/C48H57N7O8S2/c1-31(2)38-6-4-5-7-39(38)42-29-62-21-20-54(42)35-25-48(26-35)15-18-53(19-16-48)34-8-9-40(43(23-34)63-36-22-33-12-17-49-44(33)50-27-36)45(56)52-65(60,61)37-24-41(55(58)59)46(51-28-37)64-30-32-10-13-47(3,57)14-11-32/h4-9,12,17,22-24,27-28,31-32,35,42,57H,10-11,13-16,18-21,25-26,29-30H2,1-3H3,(H,49,50)(H,52,56)/t32-,42-,47-/m0/s1. The molecular weight excluding hydrogens is 867 g/mol. The third kappa shape index (κ3) is 9.75. The summed E-state index contributed by atoms with van der Waals surface area (Å²) >= 11 is 1.19. The fraction of sp³-hybridized carbons (Fsp3) is 0.479. The van der Waals surface area contributed by atoms with Crippen molar-refractivity contribution in [1.29, 1.82) is 0 Å². The van der Waals surface area contributed by atoms with Crippen LogP contribution in [0.3, 0.4) is 0 Å². The largest absolute Gasteiger partial charge is 0.455 e. The second-order valence-corrected chi connectivity index (χ2v) is 21.7. The highest BCUT2D eigenvalue weighted by Gasteiger charge is 2.50. The highest BCUT2D eigenvalue weighted by atomic mass is 32.2. The monoisotopic (exact) mass is 923 g/mol. The van der Waals surface area contributed by atoms with Crippen LogP contribution in [0.1, 0.15) is 106 Å².